The smallest absolute Gasteiger partial charge is 0.140 e. The normalized spacial score (nSPS) is 11.1. The van der Waals surface area contributed by atoms with Crippen molar-refractivity contribution >= 4 is 17.9 Å². The highest BCUT2D eigenvalue weighted by atomic mass is 15.1. The SMILES string of the molecule is CC(C)(C)Nc1ncnc(N)c1C=N. The Hall–Kier alpha value is -1.65. The van der Waals surface area contributed by atoms with E-state index in [0.717, 1.165) is 6.21 Å². The zero-order valence-corrected chi connectivity index (χ0v) is 8.63. The van der Waals surface area contributed by atoms with Gasteiger partial charge in [0.05, 0.1) is 5.56 Å². The number of rotatable bonds is 2. The van der Waals surface area contributed by atoms with Gasteiger partial charge < -0.3 is 16.5 Å². The lowest BCUT2D eigenvalue weighted by Gasteiger charge is -2.22. The Morgan fingerprint density at radius 1 is 1.43 bits per heavy atom. The molecule has 0 aliphatic heterocycles. The van der Waals surface area contributed by atoms with Crippen LogP contribution in [0.5, 0.6) is 0 Å². The van der Waals surface area contributed by atoms with Crippen LogP contribution in [-0.2, 0) is 0 Å². The van der Waals surface area contributed by atoms with E-state index >= 15 is 0 Å². The maximum atomic E-state index is 7.21. The summed E-state index contributed by atoms with van der Waals surface area (Å²) < 4.78 is 0. The van der Waals surface area contributed by atoms with E-state index < -0.39 is 0 Å². The second kappa shape index (κ2) is 3.61. The lowest BCUT2D eigenvalue weighted by atomic mass is 10.1. The first kappa shape index (κ1) is 10.4. The lowest BCUT2D eigenvalue weighted by molar-refractivity contribution is 0.630. The maximum Gasteiger partial charge on any atom is 0.140 e. The van der Waals surface area contributed by atoms with Gasteiger partial charge in [-0.1, -0.05) is 0 Å². The first-order valence-corrected chi connectivity index (χ1v) is 4.33. The number of nitrogen functional groups attached to an aromatic ring is 1. The van der Waals surface area contributed by atoms with Crippen molar-refractivity contribution in [3.8, 4) is 0 Å². The van der Waals surface area contributed by atoms with Crippen LogP contribution in [0.4, 0.5) is 11.6 Å². The highest BCUT2D eigenvalue weighted by molar-refractivity contribution is 5.89. The molecule has 0 aliphatic carbocycles. The molecule has 0 spiro atoms. The monoisotopic (exact) mass is 193 g/mol. The molecule has 0 atom stereocenters. The number of hydrogen-bond acceptors (Lipinski definition) is 5. The average Bonchev–Trinajstić information content (AvgIpc) is 2.01. The third-order valence-electron chi connectivity index (χ3n) is 1.55. The maximum absolute atomic E-state index is 7.21. The summed E-state index contributed by atoms with van der Waals surface area (Å²) in [5, 5.41) is 10.4. The molecule has 1 heterocycles. The fraction of sp³-hybridized carbons (Fsp3) is 0.444. The van der Waals surface area contributed by atoms with Crippen molar-refractivity contribution in [2.24, 2.45) is 0 Å². The van der Waals surface area contributed by atoms with Crippen molar-refractivity contribution in [3.63, 3.8) is 0 Å². The molecular weight excluding hydrogens is 178 g/mol. The summed E-state index contributed by atoms with van der Waals surface area (Å²) in [5.41, 5.74) is 6.03. The largest absolute Gasteiger partial charge is 0.383 e. The van der Waals surface area contributed by atoms with Gasteiger partial charge in [0.15, 0.2) is 0 Å². The van der Waals surface area contributed by atoms with Gasteiger partial charge in [0.2, 0.25) is 0 Å². The molecule has 1 rings (SSSR count). The standard InChI is InChI=1S/C9H15N5/c1-9(2,3)14-8-6(4-10)7(11)12-5-13-8/h4-5,10H,1-3H3,(H3,11,12,13,14). The van der Waals surface area contributed by atoms with Gasteiger partial charge in [-0.3, -0.25) is 0 Å². The number of nitrogens with zero attached hydrogens (tertiary/aromatic N) is 2. The highest BCUT2D eigenvalue weighted by Gasteiger charge is 2.14. The molecule has 0 unspecified atom stereocenters. The molecule has 14 heavy (non-hydrogen) atoms. The molecule has 0 aromatic carbocycles. The third kappa shape index (κ3) is 2.42. The first-order valence-electron chi connectivity index (χ1n) is 4.33. The van der Waals surface area contributed by atoms with Crippen molar-refractivity contribution in [3.05, 3.63) is 11.9 Å². The molecule has 1 aromatic heterocycles. The van der Waals surface area contributed by atoms with Crippen LogP contribution in [0.3, 0.4) is 0 Å². The van der Waals surface area contributed by atoms with Crippen LogP contribution in [-0.4, -0.2) is 21.7 Å². The van der Waals surface area contributed by atoms with Crippen LogP contribution in [0, 0.1) is 5.41 Å². The molecule has 0 saturated carbocycles. The van der Waals surface area contributed by atoms with Crippen molar-refractivity contribution in [1.29, 1.82) is 5.41 Å². The molecule has 0 bridgehead atoms. The Balaban J connectivity index is 3.08. The Bertz CT molecular complexity index is 340. The summed E-state index contributed by atoms with van der Waals surface area (Å²) in [5.74, 6) is 0.918. The van der Waals surface area contributed by atoms with E-state index in [-0.39, 0.29) is 5.54 Å². The van der Waals surface area contributed by atoms with Gasteiger partial charge in [-0.15, -0.1) is 0 Å². The van der Waals surface area contributed by atoms with Gasteiger partial charge in [0.25, 0.3) is 0 Å². The van der Waals surface area contributed by atoms with Crippen molar-refractivity contribution < 1.29 is 0 Å². The van der Waals surface area contributed by atoms with E-state index in [1.54, 1.807) is 0 Å². The fourth-order valence-electron chi connectivity index (χ4n) is 1.01. The lowest BCUT2D eigenvalue weighted by Crippen LogP contribution is -2.27. The number of nitrogens with one attached hydrogen (secondary N) is 2. The van der Waals surface area contributed by atoms with Crippen LogP contribution in [0.2, 0.25) is 0 Å². The quantitative estimate of drug-likeness (QED) is 0.617. The van der Waals surface area contributed by atoms with Gasteiger partial charge in [-0.25, -0.2) is 9.97 Å². The van der Waals surface area contributed by atoms with E-state index in [2.05, 4.69) is 15.3 Å². The summed E-state index contributed by atoms with van der Waals surface area (Å²) >= 11 is 0. The summed E-state index contributed by atoms with van der Waals surface area (Å²) in [4.78, 5) is 7.86. The second-order valence-electron chi connectivity index (χ2n) is 4.04. The fourth-order valence-corrected chi connectivity index (χ4v) is 1.01. The molecule has 1 aromatic rings. The zero-order valence-electron chi connectivity index (χ0n) is 8.63. The molecule has 0 aliphatic rings. The minimum Gasteiger partial charge on any atom is -0.383 e. The van der Waals surface area contributed by atoms with Crippen molar-refractivity contribution in [1.82, 2.24) is 9.97 Å². The molecule has 0 saturated heterocycles. The summed E-state index contributed by atoms with van der Waals surface area (Å²) in [6.07, 6.45) is 2.54. The minimum atomic E-state index is -0.113. The van der Waals surface area contributed by atoms with E-state index in [9.17, 15) is 0 Å². The van der Waals surface area contributed by atoms with Crippen molar-refractivity contribution in [2.45, 2.75) is 26.3 Å². The second-order valence-corrected chi connectivity index (χ2v) is 4.04. The summed E-state index contributed by atoms with van der Waals surface area (Å²) in [6, 6.07) is 0. The van der Waals surface area contributed by atoms with Crippen LogP contribution in [0.25, 0.3) is 0 Å². The number of anilines is 2. The van der Waals surface area contributed by atoms with Crippen LogP contribution >= 0.6 is 0 Å². The summed E-state index contributed by atoms with van der Waals surface area (Å²) in [7, 11) is 0. The van der Waals surface area contributed by atoms with Crippen LogP contribution < -0.4 is 11.1 Å². The molecule has 4 N–H and O–H groups in total. The van der Waals surface area contributed by atoms with Crippen molar-refractivity contribution in [2.75, 3.05) is 11.1 Å². The van der Waals surface area contributed by atoms with Gasteiger partial charge in [-0.2, -0.15) is 0 Å². The topological polar surface area (TPSA) is 87.7 Å². The van der Waals surface area contributed by atoms with Crippen LogP contribution in [0.15, 0.2) is 6.33 Å². The van der Waals surface area contributed by atoms with E-state index in [1.807, 2.05) is 20.8 Å². The zero-order chi connectivity index (χ0) is 10.8. The Kier molecular flexibility index (Phi) is 2.69. The highest BCUT2D eigenvalue weighted by Crippen LogP contribution is 2.18. The van der Waals surface area contributed by atoms with E-state index in [1.165, 1.54) is 6.33 Å². The minimum absolute atomic E-state index is 0.113. The Labute approximate surface area is 83.3 Å². The van der Waals surface area contributed by atoms with Gasteiger partial charge in [0.1, 0.15) is 18.0 Å². The predicted molar refractivity (Wildman–Crippen MR) is 57.7 cm³/mol. The van der Waals surface area contributed by atoms with Gasteiger partial charge >= 0.3 is 0 Å². The number of nitrogens with two attached hydrogens (primary N) is 1. The number of aromatic nitrogens is 2. The van der Waals surface area contributed by atoms with E-state index in [4.69, 9.17) is 11.1 Å². The van der Waals surface area contributed by atoms with Crippen LogP contribution in [0.1, 0.15) is 26.3 Å². The number of hydrogen-bond donors (Lipinski definition) is 3. The summed E-state index contributed by atoms with van der Waals surface area (Å²) in [6.45, 7) is 6.04. The van der Waals surface area contributed by atoms with Gasteiger partial charge in [0, 0.05) is 11.8 Å². The molecule has 76 valence electrons. The Morgan fingerprint density at radius 2 is 2.07 bits per heavy atom. The van der Waals surface area contributed by atoms with Gasteiger partial charge in [-0.05, 0) is 20.8 Å². The Morgan fingerprint density at radius 3 is 2.57 bits per heavy atom. The molecule has 5 nitrogen and oxygen atoms in total. The molecule has 0 radical (unpaired) electrons. The molecule has 0 amide bonds. The molecule has 0 fully saturated rings. The average molecular weight is 193 g/mol. The molecular formula is C9H15N5. The molecule has 5 heteroatoms. The third-order valence-corrected chi connectivity index (χ3v) is 1.55. The predicted octanol–water partition coefficient (Wildman–Crippen LogP) is 1.27. The van der Waals surface area contributed by atoms with E-state index in [0.29, 0.717) is 17.2 Å². The first-order chi connectivity index (χ1) is 6.44.